The SMILES string of the molecule is CCC(CC)C(=O)N1CC[C@]2(C1)CN(c1ccsc1)C(=O)CN2C. The summed E-state index contributed by atoms with van der Waals surface area (Å²) in [7, 11) is 2.02. The lowest BCUT2D eigenvalue weighted by molar-refractivity contribution is -0.135. The molecule has 2 fully saturated rings. The zero-order valence-corrected chi connectivity index (χ0v) is 15.6. The molecule has 2 saturated heterocycles. The van der Waals surface area contributed by atoms with Crippen LogP contribution in [0.1, 0.15) is 33.1 Å². The highest BCUT2D eigenvalue weighted by molar-refractivity contribution is 7.08. The Morgan fingerprint density at radius 1 is 1.33 bits per heavy atom. The standard InChI is InChI=1S/C18H27N3O2S/c1-4-14(5-2)17(23)20-8-7-18(12-20)13-21(15-6-9-24-11-15)16(22)10-19(18)3/h6,9,11,14H,4-5,7-8,10,12-13H2,1-3H3/t18-/m0/s1. The molecule has 0 radical (unpaired) electrons. The van der Waals surface area contributed by atoms with E-state index in [-0.39, 0.29) is 23.3 Å². The predicted molar refractivity (Wildman–Crippen MR) is 97.3 cm³/mol. The zero-order valence-electron chi connectivity index (χ0n) is 14.8. The van der Waals surface area contributed by atoms with E-state index in [9.17, 15) is 9.59 Å². The Balaban J connectivity index is 1.77. The highest BCUT2D eigenvalue weighted by Gasteiger charge is 2.49. The second-order valence-corrected chi connectivity index (χ2v) is 7.85. The third kappa shape index (κ3) is 2.97. The monoisotopic (exact) mass is 349 g/mol. The summed E-state index contributed by atoms with van der Waals surface area (Å²) in [5.74, 6) is 0.555. The summed E-state index contributed by atoms with van der Waals surface area (Å²) in [4.78, 5) is 31.3. The van der Waals surface area contributed by atoms with E-state index in [4.69, 9.17) is 0 Å². The van der Waals surface area contributed by atoms with Crippen LogP contribution in [0.2, 0.25) is 0 Å². The fraction of sp³-hybridized carbons (Fsp3) is 0.667. The quantitative estimate of drug-likeness (QED) is 0.839. The van der Waals surface area contributed by atoms with Crippen molar-refractivity contribution in [1.29, 1.82) is 0 Å². The number of amides is 2. The van der Waals surface area contributed by atoms with Crippen LogP contribution in [0.15, 0.2) is 16.8 Å². The highest BCUT2D eigenvalue weighted by Crippen LogP contribution is 2.34. The molecule has 3 heterocycles. The van der Waals surface area contributed by atoms with Crippen molar-refractivity contribution in [3.05, 3.63) is 16.8 Å². The van der Waals surface area contributed by atoms with Crippen LogP contribution in [0.25, 0.3) is 0 Å². The van der Waals surface area contributed by atoms with Gasteiger partial charge in [-0.25, -0.2) is 0 Å². The maximum atomic E-state index is 12.7. The second-order valence-electron chi connectivity index (χ2n) is 7.07. The molecule has 0 aliphatic carbocycles. The van der Waals surface area contributed by atoms with Crippen LogP contribution in [0.4, 0.5) is 5.69 Å². The molecule has 1 aromatic rings. The van der Waals surface area contributed by atoms with Gasteiger partial charge in [-0.05, 0) is 37.8 Å². The number of hydrogen-bond donors (Lipinski definition) is 0. The number of likely N-dealkylation sites (N-methyl/N-ethyl adjacent to an activating group) is 1. The van der Waals surface area contributed by atoms with Crippen molar-refractivity contribution < 1.29 is 9.59 Å². The molecule has 2 amide bonds. The molecule has 1 atom stereocenters. The van der Waals surface area contributed by atoms with Gasteiger partial charge in [-0.1, -0.05) is 13.8 Å². The van der Waals surface area contributed by atoms with Crippen LogP contribution < -0.4 is 4.90 Å². The Hall–Kier alpha value is -1.40. The summed E-state index contributed by atoms with van der Waals surface area (Å²) in [6.45, 7) is 6.79. The van der Waals surface area contributed by atoms with Gasteiger partial charge in [0.1, 0.15) is 0 Å². The van der Waals surface area contributed by atoms with Gasteiger partial charge in [0.25, 0.3) is 0 Å². The number of piperazine rings is 1. The van der Waals surface area contributed by atoms with Crippen molar-refractivity contribution in [1.82, 2.24) is 9.80 Å². The number of carbonyl (C=O) groups is 2. The first kappa shape index (κ1) is 17.4. The molecule has 2 aliphatic rings. The van der Waals surface area contributed by atoms with Gasteiger partial charge in [0.2, 0.25) is 11.8 Å². The van der Waals surface area contributed by atoms with E-state index in [2.05, 4.69) is 18.7 Å². The average Bonchev–Trinajstić information content (AvgIpc) is 3.23. The van der Waals surface area contributed by atoms with Gasteiger partial charge in [0.05, 0.1) is 17.8 Å². The Bertz CT molecular complexity index is 599. The van der Waals surface area contributed by atoms with Crippen molar-refractivity contribution in [3.8, 4) is 0 Å². The summed E-state index contributed by atoms with van der Waals surface area (Å²) in [6.07, 6.45) is 2.73. The molecule has 0 unspecified atom stereocenters. The first-order valence-corrected chi connectivity index (χ1v) is 9.77. The van der Waals surface area contributed by atoms with Gasteiger partial charge in [-0.2, -0.15) is 11.3 Å². The third-order valence-electron chi connectivity index (χ3n) is 5.73. The topological polar surface area (TPSA) is 43.9 Å². The van der Waals surface area contributed by atoms with Gasteiger partial charge in [0, 0.05) is 30.9 Å². The number of hydrogen-bond acceptors (Lipinski definition) is 4. The van der Waals surface area contributed by atoms with Gasteiger partial charge in [-0.15, -0.1) is 0 Å². The van der Waals surface area contributed by atoms with Crippen molar-refractivity contribution in [2.75, 3.05) is 38.1 Å². The lowest BCUT2D eigenvalue weighted by atomic mass is 9.92. The van der Waals surface area contributed by atoms with Gasteiger partial charge < -0.3 is 9.80 Å². The smallest absolute Gasteiger partial charge is 0.241 e. The van der Waals surface area contributed by atoms with Crippen LogP contribution in [0.3, 0.4) is 0 Å². The minimum absolute atomic E-state index is 0.114. The van der Waals surface area contributed by atoms with Crippen molar-refractivity contribution >= 4 is 28.8 Å². The average molecular weight is 350 g/mol. The minimum Gasteiger partial charge on any atom is -0.340 e. The molecule has 0 N–H and O–H groups in total. The zero-order chi connectivity index (χ0) is 17.3. The Kier molecular flexibility index (Phi) is 4.97. The predicted octanol–water partition coefficient (Wildman–Crippen LogP) is 2.43. The molecule has 1 spiro atoms. The summed E-state index contributed by atoms with van der Waals surface area (Å²) in [6, 6.07) is 2.00. The summed E-state index contributed by atoms with van der Waals surface area (Å²) < 4.78 is 0. The van der Waals surface area contributed by atoms with Crippen LogP contribution >= 0.6 is 11.3 Å². The molecule has 2 aliphatic heterocycles. The van der Waals surface area contributed by atoms with Crippen LogP contribution in [-0.2, 0) is 9.59 Å². The first-order chi connectivity index (χ1) is 11.5. The molecule has 0 saturated carbocycles. The molecule has 5 nitrogen and oxygen atoms in total. The molecule has 1 aromatic heterocycles. The van der Waals surface area contributed by atoms with Crippen molar-refractivity contribution in [3.63, 3.8) is 0 Å². The van der Waals surface area contributed by atoms with E-state index >= 15 is 0 Å². The highest BCUT2D eigenvalue weighted by atomic mass is 32.1. The lowest BCUT2D eigenvalue weighted by Crippen LogP contribution is -2.64. The van der Waals surface area contributed by atoms with Crippen molar-refractivity contribution in [2.24, 2.45) is 5.92 Å². The molecule has 0 aromatic carbocycles. The summed E-state index contributed by atoms with van der Waals surface area (Å²) in [5, 5.41) is 4.03. The molecular weight excluding hydrogens is 322 g/mol. The Morgan fingerprint density at radius 3 is 2.71 bits per heavy atom. The fourth-order valence-corrected chi connectivity index (χ4v) is 4.63. The van der Waals surface area contributed by atoms with Crippen molar-refractivity contribution in [2.45, 2.75) is 38.6 Å². The number of nitrogens with zero attached hydrogens (tertiary/aromatic N) is 3. The molecule has 24 heavy (non-hydrogen) atoms. The van der Waals surface area contributed by atoms with E-state index in [0.29, 0.717) is 13.1 Å². The molecule has 132 valence electrons. The molecular formula is C18H27N3O2S. The first-order valence-electron chi connectivity index (χ1n) is 8.83. The Morgan fingerprint density at radius 2 is 2.08 bits per heavy atom. The van der Waals surface area contributed by atoms with E-state index < -0.39 is 0 Å². The minimum atomic E-state index is -0.114. The number of anilines is 1. The second kappa shape index (κ2) is 6.84. The van der Waals surface area contributed by atoms with Crippen LogP contribution in [0.5, 0.6) is 0 Å². The van der Waals surface area contributed by atoms with Gasteiger partial charge in [0.15, 0.2) is 0 Å². The fourth-order valence-electron chi connectivity index (χ4n) is 3.99. The Labute approximate surface area is 148 Å². The lowest BCUT2D eigenvalue weighted by Gasteiger charge is -2.46. The number of likely N-dealkylation sites (tertiary alicyclic amines) is 1. The van der Waals surface area contributed by atoms with Crippen LogP contribution in [-0.4, -0.2) is 60.4 Å². The summed E-state index contributed by atoms with van der Waals surface area (Å²) >= 11 is 1.61. The number of thiophene rings is 1. The van der Waals surface area contributed by atoms with Gasteiger partial charge in [-0.3, -0.25) is 14.5 Å². The number of rotatable bonds is 4. The van der Waals surface area contributed by atoms with Gasteiger partial charge >= 0.3 is 0 Å². The molecule has 3 rings (SSSR count). The van der Waals surface area contributed by atoms with E-state index in [1.54, 1.807) is 11.3 Å². The third-order valence-corrected chi connectivity index (χ3v) is 6.40. The summed E-state index contributed by atoms with van der Waals surface area (Å²) in [5.41, 5.74) is 0.875. The number of carbonyl (C=O) groups excluding carboxylic acids is 2. The normalized spacial score (nSPS) is 25.2. The van der Waals surface area contributed by atoms with E-state index in [0.717, 1.165) is 38.0 Å². The molecule has 6 heteroatoms. The largest absolute Gasteiger partial charge is 0.340 e. The van der Waals surface area contributed by atoms with Crippen LogP contribution in [0, 0.1) is 5.92 Å². The molecule has 0 bridgehead atoms. The van der Waals surface area contributed by atoms with E-state index in [1.807, 2.05) is 33.7 Å². The maximum absolute atomic E-state index is 12.7. The maximum Gasteiger partial charge on any atom is 0.241 e. The van der Waals surface area contributed by atoms with E-state index in [1.165, 1.54) is 0 Å².